The second kappa shape index (κ2) is 4.99. The molecule has 0 atom stereocenters. The van der Waals surface area contributed by atoms with Crippen molar-refractivity contribution in [1.82, 2.24) is 0 Å². The van der Waals surface area contributed by atoms with Crippen LogP contribution in [0.4, 0.5) is 0 Å². The predicted molar refractivity (Wildman–Crippen MR) is 61.9 cm³/mol. The van der Waals surface area contributed by atoms with Gasteiger partial charge in [-0.3, -0.25) is 4.79 Å². The van der Waals surface area contributed by atoms with Crippen LogP contribution in [-0.4, -0.2) is 18.0 Å². The number of carbonyl (C=O) groups is 1. The average Bonchev–Trinajstić information content (AvgIpc) is 2.18. The molecule has 0 saturated carbocycles. The molecule has 0 radical (unpaired) electrons. The Morgan fingerprint density at radius 1 is 1.57 bits per heavy atom. The predicted octanol–water partition coefficient (Wildman–Crippen LogP) is 2.37. The number of aldehydes is 1. The Labute approximate surface area is 95.5 Å². The molecular formula is C10H9IO3. The largest absolute Gasteiger partial charge is 0.507 e. The molecule has 1 aromatic carbocycles. The minimum atomic E-state index is -0.0699. The Balaban J connectivity index is 3.01. The van der Waals surface area contributed by atoms with E-state index in [0.717, 1.165) is 3.57 Å². The van der Waals surface area contributed by atoms with Crippen molar-refractivity contribution < 1.29 is 14.6 Å². The van der Waals surface area contributed by atoms with E-state index in [1.807, 2.05) is 22.6 Å². The lowest BCUT2D eigenvalue weighted by atomic mass is 10.2. The lowest BCUT2D eigenvalue weighted by molar-refractivity contribution is 0.112. The first kappa shape index (κ1) is 11.0. The van der Waals surface area contributed by atoms with Gasteiger partial charge in [0, 0.05) is 6.07 Å². The van der Waals surface area contributed by atoms with Crippen LogP contribution in [-0.2, 0) is 0 Å². The molecule has 3 nitrogen and oxygen atoms in total. The van der Waals surface area contributed by atoms with Crippen molar-refractivity contribution in [3.8, 4) is 11.5 Å². The molecule has 0 saturated heterocycles. The number of halogens is 1. The van der Waals surface area contributed by atoms with Gasteiger partial charge in [-0.05, 0) is 28.7 Å². The normalized spacial score (nSPS) is 9.50. The molecule has 14 heavy (non-hydrogen) atoms. The molecular weight excluding hydrogens is 295 g/mol. The zero-order chi connectivity index (χ0) is 10.6. The summed E-state index contributed by atoms with van der Waals surface area (Å²) in [4.78, 5) is 10.5. The fraction of sp³-hybridized carbons (Fsp3) is 0.100. The summed E-state index contributed by atoms with van der Waals surface area (Å²) in [7, 11) is 0. The summed E-state index contributed by atoms with van der Waals surface area (Å²) in [6.45, 7) is 3.89. The van der Waals surface area contributed by atoms with Crippen molar-refractivity contribution in [2.75, 3.05) is 6.61 Å². The molecule has 0 bridgehead atoms. The van der Waals surface area contributed by atoms with Crippen LogP contribution in [0.2, 0.25) is 0 Å². The van der Waals surface area contributed by atoms with Crippen LogP contribution in [0.3, 0.4) is 0 Å². The molecule has 0 spiro atoms. The monoisotopic (exact) mass is 304 g/mol. The second-order valence-corrected chi connectivity index (χ2v) is 3.72. The zero-order valence-electron chi connectivity index (χ0n) is 7.37. The molecule has 1 aromatic rings. The number of aromatic hydroxyl groups is 1. The van der Waals surface area contributed by atoms with Crippen molar-refractivity contribution in [2.45, 2.75) is 0 Å². The van der Waals surface area contributed by atoms with Gasteiger partial charge in [0.2, 0.25) is 0 Å². The molecule has 1 N–H and O–H groups in total. The fourth-order valence-corrected chi connectivity index (χ4v) is 1.56. The van der Waals surface area contributed by atoms with Gasteiger partial charge < -0.3 is 9.84 Å². The molecule has 74 valence electrons. The van der Waals surface area contributed by atoms with E-state index < -0.39 is 0 Å². The van der Waals surface area contributed by atoms with E-state index in [-0.39, 0.29) is 11.3 Å². The molecule has 0 fully saturated rings. The van der Waals surface area contributed by atoms with Crippen LogP contribution < -0.4 is 4.74 Å². The number of hydrogen-bond donors (Lipinski definition) is 1. The van der Waals surface area contributed by atoms with E-state index in [2.05, 4.69) is 6.58 Å². The Bertz CT molecular complexity index is 361. The third kappa shape index (κ3) is 2.47. The summed E-state index contributed by atoms with van der Waals surface area (Å²) < 4.78 is 6.05. The highest BCUT2D eigenvalue weighted by molar-refractivity contribution is 14.1. The summed E-state index contributed by atoms with van der Waals surface area (Å²) in [5.74, 6) is 0.480. The molecule has 0 aliphatic heterocycles. The number of ether oxygens (including phenoxy) is 1. The zero-order valence-corrected chi connectivity index (χ0v) is 9.52. The van der Waals surface area contributed by atoms with Gasteiger partial charge in [0.25, 0.3) is 0 Å². The second-order valence-electron chi connectivity index (χ2n) is 2.56. The van der Waals surface area contributed by atoms with Crippen molar-refractivity contribution in [1.29, 1.82) is 0 Å². The Hall–Kier alpha value is -1.04. The third-order valence-corrected chi connectivity index (χ3v) is 2.41. The van der Waals surface area contributed by atoms with E-state index in [1.54, 1.807) is 12.1 Å². The topological polar surface area (TPSA) is 46.5 Å². The van der Waals surface area contributed by atoms with Crippen molar-refractivity contribution in [2.24, 2.45) is 0 Å². The van der Waals surface area contributed by atoms with Crippen molar-refractivity contribution in [3.05, 3.63) is 33.9 Å². The van der Waals surface area contributed by atoms with Crippen molar-refractivity contribution in [3.63, 3.8) is 0 Å². The molecule has 0 aliphatic carbocycles. The molecule has 4 heteroatoms. The summed E-state index contributed by atoms with van der Waals surface area (Å²) >= 11 is 2.04. The Kier molecular flexibility index (Phi) is 3.94. The number of phenols is 1. The number of phenolic OH excluding ortho intramolecular Hbond substituents is 1. The average molecular weight is 304 g/mol. The van der Waals surface area contributed by atoms with Gasteiger partial charge in [0.15, 0.2) is 6.29 Å². The lowest BCUT2D eigenvalue weighted by Crippen LogP contribution is -1.96. The van der Waals surface area contributed by atoms with Gasteiger partial charge in [-0.25, -0.2) is 0 Å². The van der Waals surface area contributed by atoms with E-state index in [1.165, 1.54) is 6.07 Å². The maximum atomic E-state index is 10.5. The van der Waals surface area contributed by atoms with Crippen LogP contribution in [0.15, 0.2) is 24.8 Å². The first-order valence-corrected chi connectivity index (χ1v) is 4.98. The first-order chi connectivity index (χ1) is 6.69. The van der Waals surface area contributed by atoms with Crippen LogP contribution in [0, 0.1) is 3.57 Å². The molecule has 1 rings (SSSR count). The van der Waals surface area contributed by atoms with E-state index >= 15 is 0 Å². The number of hydrogen-bond acceptors (Lipinski definition) is 3. The van der Waals surface area contributed by atoms with Gasteiger partial charge >= 0.3 is 0 Å². The van der Waals surface area contributed by atoms with Gasteiger partial charge in [-0.1, -0.05) is 12.7 Å². The SMILES string of the molecule is C=CCOc1cc(O)c(C=O)cc1I. The number of carbonyl (C=O) groups excluding carboxylic acids is 1. The van der Waals surface area contributed by atoms with E-state index in [4.69, 9.17) is 4.74 Å². The fourth-order valence-electron chi connectivity index (χ4n) is 0.912. The molecule has 0 aromatic heterocycles. The number of rotatable bonds is 4. The minimum absolute atomic E-state index is 0.0699. The van der Waals surface area contributed by atoms with E-state index in [0.29, 0.717) is 18.6 Å². The number of benzene rings is 1. The van der Waals surface area contributed by atoms with Gasteiger partial charge in [0.1, 0.15) is 18.1 Å². The molecule has 0 amide bonds. The summed E-state index contributed by atoms with van der Waals surface area (Å²) in [5, 5.41) is 9.37. The summed E-state index contributed by atoms with van der Waals surface area (Å²) in [6, 6.07) is 3.00. The van der Waals surface area contributed by atoms with Gasteiger partial charge in [-0.15, -0.1) is 0 Å². The van der Waals surface area contributed by atoms with Gasteiger partial charge in [-0.2, -0.15) is 0 Å². The quantitative estimate of drug-likeness (QED) is 0.528. The lowest BCUT2D eigenvalue weighted by Gasteiger charge is -2.07. The Morgan fingerprint density at radius 2 is 2.29 bits per heavy atom. The molecule has 0 heterocycles. The summed E-state index contributed by atoms with van der Waals surface area (Å²) in [5.41, 5.74) is 0.264. The first-order valence-electron chi connectivity index (χ1n) is 3.90. The minimum Gasteiger partial charge on any atom is -0.507 e. The van der Waals surface area contributed by atoms with Crippen LogP contribution in [0.25, 0.3) is 0 Å². The Morgan fingerprint density at radius 3 is 2.86 bits per heavy atom. The maximum absolute atomic E-state index is 10.5. The molecule has 0 aliphatic rings. The van der Waals surface area contributed by atoms with Crippen LogP contribution in [0.1, 0.15) is 10.4 Å². The standard InChI is InChI=1S/C10H9IO3/c1-2-3-14-10-5-9(13)7(6-12)4-8(10)11/h2,4-6,13H,1,3H2. The van der Waals surface area contributed by atoms with Crippen LogP contribution >= 0.6 is 22.6 Å². The maximum Gasteiger partial charge on any atom is 0.153 e. The highest BCUT2D eigenvalue weighted by atomic mass is 127. The smallest absolute Gasteiger partial charge is 0.153 e. The van der Waals surface area contributed by atoms with E-state index in [9.17, 15) is 9.90 Å². The van der Waals surface area contributed by atoms with Crippen LogP contribution in [0.5, 0.6) is 11.5 Å². The highest BCUT2D eigenvalue weighted by Gasteiger charge is 2.07. The third-order valence-electron chi connectivity index (χ3n) is 1.56. The van der Waals surface area contributed by atoms with Crippen molar-refractivity contribution >= 4 is 28.9 Å². The van der Waals surface area contributed by atoms with Gasteiger partial charge in [0.05, 0.1) is 9.13 Å². The highest BCUT2D eigenvalue weighted by Crippen LogP contribution is 2.28. The summed E-state index contributed by atoms with van der Waals surface area (Å²) in [6.07, 6.45) is 2.22. The molecule has 0 unspecified atom stereocenters.